The first kappa shape index (κ1) is 14.1. The number of carbonyl (C=O) groups is 2. The van der Waals surface area contributed by atoms with Gasteiger partial charge in [-0.05, 0) is 53.4 Å². The molecule has 1 fully saturated rings. The number of aliphatic carboxylic acids is 1. The summed E-state index contributed by atoms with van der Waals surface area (Å²) in [6.45, 7) is 2.14. The number of amides is 1. The summed E-state index contributed by atoms with van der Waals surface area (Å²) in [5.41, 5.74) is 0.835. The van der Waals surface area contributed by atoms with E-state index in [1.165, 1.54) is 0 Å². The Labute approximate surface area is 120 Å². The lowest BCUT2D eigenvalue weighted by Gasteiger charge is -2.37. The Morgan fingerprint density at radius 3 is 2.58 bits per heavy atom. The maximum absolute atomic E-state index is 12.1. The maximum Gasteiger partial charge on any atom is 0.311 e. The van der Waals surface area contributed by atoms with Crippen LogP contribution in [0.2, 0.25) is 0 Å². The smallest absolute Gasteiger partial charge is 0.311 e. The maximum atomic E-state index is 12.1. The molecule has 1 aromatic rings. The third-order valence-electron chi connectivity index (χ3n) is 3.72. The second-order valence-electron chi connectivity index (χ2n) is 5.11. The lowest BCUT2D eigenvalue weighted by molar-refractivity contribution is -0.153. The second-order valence-corrected chi connectivity index (χ2v) is 5.96. The van der Waals surface area contributed by atoms with E-state index in [0.29, 0.717) is 18.4 Å². The molecule has 0 atom stereocenters. The number of rotatable bonds is 4. The molecule has 2 rings (SSSR count). The molecule has 4 nitrogen and oxygen atoms in total. The molecule has 1 aliphatic carbocycles. The van der Waals surface area contributed by atoms with Crippen LogP contribution in [0.5, 0.6) is 0 Å². The molecule has 2 N–H and O–H groups in total. The molecule has 0 heterocycles. The molecule has 0 aromatic heterocycles. The van der Waals surface area contributed by atoms with Crippen molar-refractivity contribution in [1.82, 2.24) is 5.32 Å². The number of hydrogen-bond donors (Lipinski definition) is 2. The minimum Gasteiger partial charge on any atom is -0.481 e. The van der Waals surface area contributed by atoms with Crippen molar-refractivity contribution in [2.45, 2.75) is 26.2 Å². The van der Waals surface area contributed by atoms with Crippen LogP contribution in [0.25, 0.3) is 0 Å². The van der Waals surface area contributed by atoms with Crippen molar-refractivity contribution in [1.29, 1.82) is 0 Å². The molecular formula is C14H16BrNO3. The van der Waals surface area contributed by atoms with E-state index in [9.17, 15) is 14.7 Å². The molecule has 1 aliphatic rings. The Kier molecular flexibility index (Phi) is 3.94. The highest BCUT2D eigenvalue weighted by atomic mass is 79.9. The van der Waals surface area contributed by atoms with Gasteiger partial charge in [-0.3, -0.25) is 9.59 Å². The highest BCUT2D eigenvalue weighted by Crippen LogP contribution is 2.40. The lowest BCUT2D eigenvalue weighted by Crippen LogP contribution is -2.47. The van der Waals surface area contributed by atoms with Crippen molar-refractivity contribution < 1.29 is 14.7 Å². The van der Waals surface area contributed by atoms with Crippen molar-refractivity contribution in [3.05, 3.63) is 33.8 Å². The molecule has 1 amide bonds. The average molecular weight is 326 g/mol. The van der Waals surface area contributed by atoms with Crippen molar-refractivity contribution >= 4 is 27.8 Å². The lowest BCUT2D eigenvalue weighted by atomic mass is 9.69. The van der Waals surface area contributed by atoms with Crippen molar-refractivity contribution in [2.75, 3.05) is 6.54 Å². The van der Waals surface area contributed by atoms with Crippen molar-refractivity contribution in [3.63, 3.8) is 0 Å². The van der Waals surface area contributed by atoms with Gasteiger partial charge in [-0.1, -0.05) is 12.5 Å². The van der Waals surface area contributed by atoms with Crippen LogP contribution < -0.4 is 5.32 Å². The van der Waals surface area contributed by atoms with Gasteiger partial charge in [-0.2, -0.15) is 0 Å². The fourth-order valence-corrected chi connectivity index (χ4v) is 2.89. The van der Waals surface area contributed by atoms with Crippen LogP contribution >= 0.6 is 15.9 Å². The Balaban J connectivity index is 2.03. The first-order valence-corrected chi connectivity index (χ1v) is 7.02. The summed E-state index contributed by atoms with van der Waals surface area (Å²) in [5, 5.41) is 11.9. The number of halogens is 1. The van der Waals surface area contributed by atoms with Crippen LogP contribution in [0.4, 0.5) is 0 Å². The Morgan fingerprint density at radius 1 is 1.42 bits per heavy atom. The molecule has 0 unspecified atom stereocenters. The van der Waals surface area contributed by atoms with Gasteiger partial charge in [0.15, 0.2) is 0 Å². The first-order valence-electron chi connectivity index (χ1n) is 6.22. The SMILES string of the molecule is Cc1ccc(C(=O)NCC2(C(=O)O)CCC2)c(Br)c1. The number of carboxylic acids is 1. The van der Waals surface area contributed by atoms with E-state index in [0.717, 1.165) is 16.5 Å². The van der Waals surface area contributed by atoms with Crippen LogP contribution in [-0.2, 0) is 4.79 Å². The van der Waals surface area contributed by atoms with Gasteiger partial charge >= 0.3 is 5.97 Å². The molecule has 1 aromatic carbocycles. The third kappa shape index (κ3) is 2.81. The summed E-state index contributed by atoms with van der Waals surface area (Å²) in [5.74, 6) is -1.05. The largest absolute Gasteiger partial charge is 0.481 e. The highest BCUT2D eigenvalue weighted by molar-refractivity contribution is 9.10. The van der Waals surface area contributed by atoms with Crippen molar-refractivity contribution in [3.8, 4) is 0 Å². The number of aryl methyl sites for hydroxylation is 1. The molecule has 0 radical (unpaired) electrons. The Hall–Kier alpha value is -1.36. The summed E-state index contributed by atoms with van der Waals surface area (Å²) in [4.78, 5) is 23.3. The monoisotopic (exact) mass is 325 g/mol. The van der Waals surface area contributed by atoms with Crippen LogP contribution in [0.3, 0.4) is 0 Å². The van der Waals surface area contributed by atoms with Gasteiger partial charge in [0.1, 0.15) is 0 Å². The van der Waals surface area contributed by atoms with Gasteiger partial charge in [0.2, 0.25) is 0 Å². The molecule has 0 bridgehead atoms. The molecule has 19 heavy (non-hydrogen) atoms. The third-order valence-corrected chi connectivity index (χ3v) is 4.38. The summed E-state index contributed by atoms with van der Waals surface area (Å²) in [6, 6.07) is 5.46. The van der Waals surface area contributed by atoms with Gasteiger partial charge in [0, 0.05) is 11.0 Å². The van der Waals surface area contributed by atoms with Crippen LogP contribution in [0, 0.1) is 12.3 Å². The summed E-state index contributed by atoms with van der Waals surface area (Å²) in [7, 11) is 0. The second kappa shape index (κ2) is 5.33. The topological polar surface area (TPSA) is 66.4 Å². The minimum absolute atomic E-state index is 0.196. The first-order chi connectivity index (χ1) is 8.94. The van der Waals surface area contributed by atoms with E-state index in [1.807, 2.05) is 19.1 Å². The normalized spacial score (nSPS) is 16.5. The van der Waals surface area contributed by atoms with E-state index in [1.54, 1.807) is 6.07 Å². The fourth-order valence-electron chi connectivity index (χ4n) is 2.22. The van der Waals surface area contributed by atoms with Gasteiger partial charge in [0.05, 0.1) is 11.0 Å². The van der Waals surface area contributed by atoms with E-state index >= 15 is 0 Å². The minimum atomic E-state index is -0.818. The number of nitrogens with one attached hydrogen (secondary N) is 1. The number of benzene rings is 1. The molecular weight excluding hydrogens is 310 g/mol. The van der Waals surface area contributed by atoms with E-state index < -0.39 is 11.4 Å². The quantitative estimate of drug-likeness (QED) is 0.894. The molecule has 0 spiro atoms. The fraction of sp³-hybridized carbons (Fsp3) is 0.429. The zero-order valence-electron chi connectivity index (χ0n) is 10.7. The van der Waals surface area contributed by atoms with E-state index in [4.69, 9.17) is 0 Å². The predicted molar refractivity (Wildman–Crippen MR) is 75.1 cm³/mol. The van der Waals surface area contributed by atoms with E-state index in [2.05, 4.69) is 21.2 Å². The molecule has 1 saturated carbocycles. The number of hydrogen-bond acceptors (Lipinski definition) is 2. The van der Waals surface area contributed by atoms with E-state index in [-0.39, 0.29) is 12.5 Å². The van der Waals surface area contributed by atoms with Crippen molar-refractivity contribution in [2.24, 2.45) is 5.41 Å². The standard InChI is InChI=1S/C14H16BrNO3/c1-9-3-4-10(11(15)7-9)12(17)16-8-14(13(18)19)5-2-6-14/h3-4,7H,2,5-6,8H2,1H3,(H,16,17)(H,18,19). The van der Waals surface area contributed by atoms with Crippen LogP contribution in [0.15, 0.2) is 22.7 Å². The van der Waals surface area contributed by atoms with Gasteiger partial charge in [-0.25, -0.2) is 0 Å². The molecule has 102 valence electrons. The van der Waals surface area contributed by atoms with Gasteiger partial charge < -0.3 is 10.4 Å². The van der Waals surface area contributed by atoms with Gasteiger partial charge in [-0.15, -0.1) is 0 Å². The number of carboxylic acid groups (broad SMARTS) is 1. The summed E-state index contributed by atoms with van der Waals surface area (Å²) < 4.78 is 0.725. The van der Waals surface area contributed by atoms with Gasteiger partial charge in [0.25, 0.3) is 5.91 Å². The zero-order valence-corrected chi connectivity index (χ0v) is 12.3. The molecule has 5 heteroatoms. The summed E-state index contributed by atoms with van der Waals surface area (Å²) >= 11 is 3.35. The zero-order chi connectivity index (χ0) is 14.0. The molecule has 0 aliphatic heterocycles. The average Bonchev–Trinajstić information content (AvgIpc) is 2.26. The summed E-state index contributed by atoms with van der Waals surface area (Å²) in [6.07, 6.45) is 2.19. The van der Waals surface area contributed by atoms with Crippen LogP contribution in [-0.4, -0.2) is 23.5 Å². The molecule has 0 saturated heterocycles. The highest BCUT2D eigenvalue weighted by Gasteiger charge is 2.44. The predicted octanol–water partition coefficient (Wildman–Crippen LogP) is 2.74. The van der Waals surface area contributed by atoms with Crippen LogP contribution in [0.1, 0.15) is 35.2 Å². The Morgan fingerprint density at radius 2 is 2.11 bits per heavy atom. The number of carbonyl (C=O) groups excluding carboxylic acids is 1. The Bertz CT molecular complexity index is 523.